The topological polar surface area (TPSA) is 113 Å². The first-order valence-corrected chi connectivity index (χ1v) is 6.94. The molecule has 0 saturated carbocycles. The van der Waals surface area contributed by atoms with Gasteiger partial charge in [-0.05, 0) is 31.9 Å². The summed E-state index contributed by atoms with van der Waals surface area (Å²) in [6, 6.07) is -0.539. The second kappa shape index (κ2) is 11.2. The molecule has 22 heavy (non-hydrogen) atoms. The normalized spacial score (nSPS) is 19.0. The Balaban J connectivity index is 0.00000135. The molecule has 0 saturated heterocycles. The Bertz CT molecular complexity index is 469. The Morgan fingerprint density at radius 2 is 2.23 bits per heavy atom. The predicted octanol–water partition coefficient (Wildman–Crippen LogP) is 1.91. The highest BCUT2D eigenvalue weighted by molar-refractivity contribution is 5.82. The number of nitrogens with zero attached hydrogens (tertiary/aromatic N) is 1. The molecule has 7 heteroatoms. The summed E-state index contributed by atoms with van der Waals surface area (Å²) in [5.74, 6) is -0.435. The third-order valence-corrected chi connectivity index (χ3v) is 2.87. The molecule has 0 bridgehead atoms. The van der Waals surface area contributed by atoms with E-state index >= 15 is 0 Å². The highest BCUT2D eigenvalue weighted by Gasteiger charge is 2.23. The lowest BCUT2D eigenvalue weighted by atomic mass is 9.95. The van der Waals surface area contributed by atoms with Crippen LogP contribution in [0.4, 0.5) is 0 Å². The van der Waals surface area contributed by atoms with Gasteiger partial charge in [-0.3, -0.25) is 14.9 Å². The van der Waals surface area contributed by atoms with Gasteiger partial charge in [-0.15, -0.1) is 0 Å². The van der Waals surface area contributed by atoms with E-state index in [0.29, 0.717) is 19.3 Å². The van der Waals surface area contributed by atoms with E-state index in [1.807, 2.05) is 19.1 Å². The van der Waals surface area contributed by atoms with Gasteiger partial charge in [0, 0.05) is 23.8 Å². The average Bonchev–Trinajstić information content (AvgIpc) is 2.46. The van der Waals surface area contributed by atoms with Gasteiger partial charge in [-0.25, -0.2) is 4.79 Å². The number of rotatable bonds is 5. The lowest BCUT2D eigenvalue weighted by Gasteiger charge is -2.14. The van der Waals surface area contributed by atoms with Crippen molar-refractivity contribution in [1.29, 1.82) is 0 Å². The van der Waals surface area contributed by atoms with Gasteiger partial charge in [0.2, 0.25) is 12.5 Å². The van der Waals surface area contributed by atoms with Crippen molar-refractivity contribution in [3.05, 3.63) is 46.1 Å². The molecule has 1 amide bonds. The maximum absolute atomic E-state index is 11.5. The number of esters is 1. The number of hydrogen-bond donors (Lipinski definition) is 1. The minimum absolute atomic E-state index is 0.250. The van der Waals surface area contributed by atoms with Crippen LogP contribution >= 0.6 is 0 Å². The van der Waals surface area contributed by atoms with E-state index in [-0.39, 0.29) is 17.4 Å². The third kappa shape index (κ3) is 8.68. The lowest BCUT2D eigenvalue weighted by Crippen LogP contribution is -2.22. The number of hydrogen-bond acceptors (Lipinski definition) is 5. The molecule has 0 spiro atoms. The number of allylic oxidation sites excluding steroid dienone is 3. The summed E-state index contributed by atoms with van der Waals surface area (Å²) in [6.45, 7) is 3.62. The van der Waals surface area contributed by atoms with E-state index in [0.717, 1.165) is 5.57 Å². The molecule has 0 heterocycles. The Morgan fingerprint density at radius 1 is 1.59 bits per heavy atom. The zero-order chi connectivity index (χ0) is 17.0. The Hall–Kier alpha value is -2.44. The Kier molecular flexibility index (Phi) is 10.00. The highest BCUT2D eigenvalue weighted by Crippen LogP contribution is 2.21. The van der Waals surface area contributed by atoms with Crippen LogP contribution in [0, 0.1) is 10.1 Å². The van der Waals surface area contributed by atoms with Gasteiger partial charge in [-0.2, -0.15) is 0 Å². The van der Waals surface area contributed by atoms with Crippen LogP contribution < -0.4 is 5.73 Å². The summed E-state index contributed by atoms with van der Waals surface area (Å²) in [5, 5.41) is 10.7. The maximum atomic E-state index is 11.5. The molecule has 0 fully saturated rings. The maximum Gasteiger partial charge on any atom is 0.331 e. The van der Waals surface area contributed by atoms with Gasteiger partial charge in [0.15, 0.2) is 0 Å². The van der Waals surface area contributed by atoms with E-state index in [1.165, 1.54) is 6.08 Å². The largest absolute Gasteiger partial charge is 0.455 e. The molecule has 2 N–H and O–H groups in total. The van der Waals surface area contributed by atoms with Gasteiger partial charge < -0.3 is 10.5 Å². The van der Waals surface area contributed by atoms with Crippen LogP contribution in [0.25, 0.3) is 0 Å². The first-order chi connectivity index (χ1) is 10.4. The summed E-state index contributed by atoms with van der Waals surface area (Å²) in [7, 11) is 0. The molecule has 122 valence electrons. The molecule has 0 aromatic carbocycles. The molecule has 0 aromatic heterocycles. The summed E-state index contributed by atoms with van der Waals surface area (Å²) in [5.41, 5.74) is 4.99. The molecule has 2 atom stereocenters. The van der Waals surface area contributed by atoms with Crippen LogP contribution in [0.3, 0.4) is 0 Å². The second-order valence-corrected chi connectivity index (χ2v) is 4.64. The average molecular weight is 310 g/mol. The van der Waals surface area contributed by atoms with E-state index in [1.54, 1.807) is 19.1 Å². The SMILES string of the molecule is C/C=C\C(C)OC(=O)/C=C/C1=CCCC([N+](=O)[O-])C1.NC=O. The van der Waals surface area contributed by atoms with Gasteiger partial charge in [0.25, 0.3) is 0 Å². The number of ether oxygens (including phenoxy) is 1. The minimum Gasteiger partial charge on any atom is -0.455 e. The predicted molar refractivity (Wildman–Crippen MR) is 82.5 cm³/mol. The van der Waals surface area contributed by atoms with Gasteiger partial charge in [0.1, 0.15) is 6.10 Å². The fourth-order valence-corrected chi connectivity index (χ4v) is 1.94. The van der Waals surface area contributed by atoms with Crippen LogP contribution in [0.5, 0.6) is 0 Å². The molecule has 1 rings (SSSR count). The third-order valence-electron chi connectivity index (χ3n) is 2.87. The number of nitro groups is 1. The minimum atomic E-state index is -0.539. The number of carbonyl (C=O) groups is 2. The monoisotopic (exact) mass is 310 g/mol. The van der Waals surface area contributed by atoms with Crippen molar-refractivity contribution in [3.63, 3.8) is 0 Å². The van der Waals surface area contributed by atoms with Crippen molar-refractivity contribution in [1.82, 2.24) is 0 Å². The van der Waals surface area contributed by atoms with Crippen molar-refractivity contribution in [2.45, 2.75) is 45.3 Å². The van der Waals surface area contributed by atoms with Gasteiger partial charge in [0.05, 0.1) is 0 Å². The standard InChI is InChI=1S/C14H19NO4.CH3NO/c1-3-5-11(2)19-14(16)9-8-12-6-4-7-13(10-12)15(17)18;2-1-3/h3,5-6,8-9,11,13H,4,7,10H2,1-2H3;1H,(H2,2,3)/b5-3-,9-8+;. The van der Waals surface area contributed by atoms with Crippen molar-refractivity contribution in [2.24, 2.45) is 5.73 Å². The molecule has 2 unspecified atom stereocenters. The van der Waals surface area contributed by atoms with Crippen LogP contribution in [0.2, 0.25) is 0 Å². The fraction of sp³-hybridized carbons (Fsp3) is 0.467. The van der Waals surface area contributed by atoms with E-state index in [9.17, 15) is 14.9 Å². The van der Waals surface area contributed by atoms with E-state index in [2.05, 4.69) is 5.73 Å². The zero-order valence-electron chi connectivity index (χ0n) is 12.8. The molecule has 0 radical (unpaired) electrons. The highest BCUT2D eigenvalue weighted by atomic mass is 16.6. The van der Waals surface area contributed by atoms with E-state index in [4.69, 9.17) is 9.53 Å². The smallest absolute Gasteiger partial charge is 0.331 e. The molecule has 7 nitrogen and oxygen atoms in total. The number of amides is 1. The molecular weight excluding hydrogens is 288 g/mol. The molecular formula is C15H22N2O5. The molecule has 1 aliphatic carbocycles. The van der Waals surface area contributed by atoms with Crippen LogP contribution in [-0.2, 0) is 14.3 Å². The molecule has 0 aromatic rings. The zero-order valence-corrected chi connectivity index (χ0v) is 12.8. The van der Waals surface area contributed by atoms with E-state index < -0.39 is 12.0 Å². The molecule has 0 aliphatic heterocycles. The first-order valence-electron chi connectivity index (χ1n) is 6.94. The van der Waals surface area contributed by atoms with Gasteiger partial charge >= 0.3 is 5.97 Å². The number of primary amides is 1. The summed E-state index contributed by atoms with van der Waals surface area (Å²) in [6.07, 6.45) is 10.0. The Morgan fingerprint density at radius 3 is 2.77 bits per heavy atom. The Labute approximate surface area is 129 Å². The van der Waals surface area contributed by atoms with Crippen LogP contribution in [0.15, 0.2) is 36.0 Å². The van der Waals surface area contributed by atoms with Crippen LogP contribution in [-0.4, -0.2) is 29.4 Å². The van der Waals surface area contributed by atoms with Crippen molar-refractivity contribution < 1.29 is 19.2 Å². The number of nitrogens with two attached hydrogens (primary N) is 1. The summed E-state index contributed by atoms with van der Waals surface area (Å²) < 4.78 is 5.08. The number of carbonyl (C=O) groups excluding carboxylic acids is 2. The van der Waals surface area contributed by atoms with Crippen molar-refractivity contribution in [2.75, 3.05) is 0 Å². The van der Waals surface area contributed by atoms with Crippen molar-refractivity contribution in [3.8, 4) is 0 Å². The lowest BCUT2D eigenvalue weighted by molar-refractivity contribution is -0.523. The van der Waals surface area contributed by atoms with Gasteiger partial charge in [-0.1, -0.05) is 18.2 Å². The molecule has 1 aliphatic rings. The summed E-state index contributed by atoms with van der Waals surface area (Å²) in [4.78, 5) is 30.5. The first kappa shape index (κ1) is 19.6. The second-order valence-electron chi connectivity index (χ2n) is 4.64. The van der Waals surface area contributed by atoms with Crippen molar-refractivity contribution >= 4 is 12.4 Å². The summed E-state index contributed by atoms with van der Waals surface area (Å²) >= 11 is 0. The van der Waals surface area contributed by atoms with Crippen LogP contribution in [0.1, 0.15) is 33.1 Å². The fourth-order valence-electron chi connectivity index (χ4n) is 1.94. The quantitative estimate of drug-likeness (QED) is 0.208.